The molecule has 1 aliphatic heterocycles. The first-order chi connectivity index (χ1) is 15.8. The SMILES string of the molecule is CC(C)C(C(=O)N1CCC(c2ccccc2)(N(C)C)CC1)N(C)Cc1ccc2[nH]ccc2c1. The van der Waals surface area contributed by atoms with E-state index in [-0.39, 0.29) is 23.4 Å². The molecule has 1 fully saturated rings. The summed E-state index contributed by atoms with van der Waals surface area (Å²) >= 11 is 0. The summed E-state index contributed by atoms with van der Waals surface area (Å²) in [5, 5.41) is 1.21. The number of hydrogen-bond acceptors (Lipinski definition) is 3. The van der Waals surface area contributed by atoms with Crippen LogP contribution >= 0.6 is 0 Å². The van der Waals surface area contributed by atoms with E-state index in [2.05, 4.69) is 109 Å². The maximum atomic E-state index is 13.7. The minimum absolute atomic E-state index is 0.0107. The van der Waals surface area contributed by atoms with Crippen molar-refractivity contribution in [3.8, 4) is 0 Å². The number of piperidine rings is 1. The van der Waals surface area contributed by atoms with Crippen LogP contribution in [0.5, 0.6) is 0 Å². The van der Waals surface area contributed by atoms with Crippen molar-refractivity contribution in [1.29, 1.82) is 0 Å². The molecule has 1 unspecified atom stereocenters. The molecule has 2 aromatic carbocycles. The second-order valence-electron chi connectivity index (χ2n) is 10.1. The zero-order valence-corrected chi connectivity index (χ0v) is 20.7. The van der Waals surface area contributed by atoms with Gasteiger partial charge in [0.15, 0.2) is 0 Å². The van der Waals surface area contributed by atoms with Gasteiger partial charge in [-0.05, 0) is 74.6 Å². The summed E-state index contributed by atoms with van der Waals surface area (Å²) in [7, 11) is 6.41. The fraction of sp³-hybridized carbons (Fsp3) is 0.464. The molecule has 4 rings (SSSR count). The van der Waals surface area contributed by atoms with E-state index in [0.717, 1.165) is 38.0 Å². The first-order valence-electron chi connectivity index (χ1n) is 12.1. The lowest BCUT2D eigenvalue weighted by atomic mass is 9.79. The highest BCUT2D eigenvalue weighted by Crippen LogP contribution is 2.37. The molecule has 1 saturated heterocycles. The average molecular weight is 447 g/mol. The van der Waals surface area contributed by atoms with Gasteiger partial charge in [0.25, 0.3) is 0 Å². The molecule has 5 heteroatoms. The van der Waals surface area contributed by atoms with E-state index in [1.807, 2.05) is 6.20 Å². The van der Waals surface area contributed by atoms with Gasteiger partial charge in [0, 0.05) is 36.9 Å². The van der Waals surface area contributed by atoms with Gasteiger partial charge in [0.1, 0.15) is 0 Å². The highest BCUT2D eigenvalue weighted by atomic mass is 16.2. The van der Waals surface area contributed by atoms with Crippen molar-refractivity contribution in [3.05, 3.63) is 71.9 Å². The monoisotopic (exact) mass is 446 g/mol. The van der Waals surface area contributed by atoms with E-state index in [9.17, 15) is 4.79 Å². The maximum absolute atomic E-state index is 13.7. The Kier molecular flexibility index (Phi) is 6.91. The summed E-state index contributed by atoms with van der Waals surface area (Å²) in [4.78, 5) is 23.6. The lowest BCUT2D eigenvalue weighted by molar-refractivity contribution is -0.141. The number of H-pyrrole nitrogens is 1. The molecule has 176 valence electrons. The van der Waals surface area contributed by atoms with E-state index >= 15 is 0 Å². The molecule has 1 amide bonds. The molecule has 0 spiro atoms. The number of aromatic amines is 1. The fourth-order valence-corrected chi connectivity index (χ4v) is 5.60. The number of carbonyl (C=O) groups is 1. The predicted octanol–water partition coefficient (Wildman–Crippen LogP) is 4.70. The quantitative estimate of drug-likeness (QED) is 0.572. The van der Waals surface area contributed by atoms with Crippen LogP contribution in [0.15, 0.2) is 60.8 Å². The Balaban J connectivity index is 1.47. The van der Waals surface area contributed by atoms with Crippen molar-refractivity contribution in [3.63, 3.8) is 0 Å². The zero-order chi connectivity index (χ0) is 23.6. The van der Waals surface area contributed by atoms with Gasteiger partial charge < -0.3 is 9.88 Å². The zero-order valence-electron chi connectivity index (χ0n) is 20.7. The second-order valence-corrected chi connectivity index (χ2v) is 10.1. The van der Waals surface area contributed by atoms with Crippen LogP contribution in [0.1, 0.15) is 37.8 Å². The van der Waals surface area contributed by atoms with E-state index in [1.54, 1.807) is 0 Å². The van der Waals surface area contributed by atoms with Crippen LogP contribution in [-0.2, 0) is 16.9 Å². The van der Waals surface area contributed by atoms with Crippen LogP contribution < -0.4 is 0 Å². The lowest BCUT2D eigenvalue weighted by Gasteiger charge is -2.47. The Morgan fingerprint density at radius 2 is 1.73 bits per heavy atom. The number of benzene rings is 2. The van der Waals surface area contributed by atoms with E-state index in [1.165, 1.54) is 16.5 Å². The summed E-state index contributed by atoms with van der Waals surface area (Å²) < 4.78 is 0. The number of amides is 1. The van der Waals surface area contributed by atoms with Crippen LogP contribution in [0, 0.1) is 5.92 Å². The van der Waals surface area contributed by atoms with Gasteiger partial charge in [-0.25, -0.2) is 0 Å². The molecule has 0 radical (unpaired) electrons. The van der Waals surface area contributed by atoms with Crippen LogP contribution in [0.2, 0.25) is 0 Å². The highest BCUT2D eigenvalue weighted by molar-refractivity contribution is 5.82. The average Bonchev–Trinajstić information content (AvgIpc) is 3.27. The van der Waals surface area contributed by atoms with Crippen molar-refractivity contribution < 1.29 is 4.79 Å². The second kappa shape index (κ2) is 9.70. The van der Waals surface area contributed by atoms with Crippen LogP contribution in [0.25, 0.3) is 10.9 Å². The Hall–Kier alpha value is -2.63. The summed E-state index contributed by atoms with van der Waals surface area (Å²) in [6.45, 7) is 6.66. The maximum Gasteiger partial charge on any atom is 0.240 e. The lowest BCUT2D eigenvalue weighted by Crippen LogP contribution is -2.56. The number of nitrogens with zero attached hydrogens (tertiary/aromatic N) is 3. The Morgan fingerprint density at radius 1 is 1.03 bits per heavy atom. The van der Waals surface area contributed by atoms with Crippen LogP contribution in [0.3, 0.4) is 0 Å². The summed E-state index contributed by atoms with van der Waals surface area (Å²) in [5.74, 6) is 0.504. The third-order valence-corrected chi connectivity index (χ3v) is 7.48. The third-order valence-electron chi connectivity index (χ3n) is 7.48. The van der Waals surface area contributed by atoms with Crippen LogP contribution in [0.4, 0.5) is 0 Å². The Morgan fingerprint density at radius 3 is 2.36 bits per heavy atom. The molecule has 1 aliphatic rings. The number of carbonyl (C=O) groups excluding carboxylic acids is 1. The van der Waals surface area contributed by atoms with Crippen molar-refractivity contribution in [1.82, 2.24) is 19.7 Å². The summed E-state index contributed by atoms with van der Waals surface area (Å²) in [6, 6.07) is 19.2. The molecule has 33 heavy (non-hydrogen) atoms. The van der Waals surface area contributed by atoms with E-state index < -0.39 is 0 Å². The minimum atomic E-state index is -0.129. The van der Waals surface area contributed by atoms with Gasteiger partial charge in [0.05, 0.1) is 6.04 Å². The molecule has 0 bridgehead atoms. The largest absolute Gasteiger partial charge is 0.361 e. The summed E-state index contributed by atoms with van der Waals surface area (Å²) in [5.41, 5.74) is 3.72. The third kappa shape index (κ3) is 4.71. The minimum Gasteiger partial charge on any atom is -0.361 e. The standard InChI is InChI=1S/C28H38N4O/c1-21(2)26(31(5)20-22-11-12-25-23(19-22)13-16-29-25)27(33)32-17-14-28(15-18-32,30(3)4)24-9-7-6-8-10-24/h6-13,16,19,21,26,29H,14-15,17-18,20H2,1-5H3. The van der Waals surface area contributed by atoms with Crippen molar-refractivity contribution in [2.75, 3.05) is 34.2 Å². The predicted molar refractivity (Wildman–Crippen MR) is 136 cm³/mol. The van der Waals surface area contributed by atoms with Crippen molar-refractivity contribution >= 4 is 16.8 Å². The number of likely N-dealkylation sites (N-methyl/N-ethyl adjacent to an activating group) is 1. The number of aromatic nitrogens is 1. The van der Waals surface area contributed by atoms with E-state index in [0.29, 0.717) is 0 Å². The Labute approximate surface area is 198 Å². The van der Waals surface area contributed by atoms with Gasteiger partial charge in [-0.2, -0.15) is 0 Å². The molecule has 3 aromatic rings. The van der Waals surface area contributed by atoms with Gasteiger partial charge in [-0.1, -0.05) is 50.2 Å². The molecular formula is C28H38N4O. The number of nitrogens with one attached hydrogen (secondary N) is 1. The van der Waals surface area contributed by atoms with Gasteiger partial charge in [-0.3, -0.25) is 14.6 Å². The number of hydrogen-bond donors (Lipinski definition) is 1. The van der Waals surface area contributed by atoms with E-state index in [4.69, 9.17) is 0 Å². The first kappa shape index (κ1) is 23.5. The molecular weight excluding hydrogens is 408 g/mol. The van der Waals surface area contributed by atoms with Gasteiger partial charge in [0.2, 0.25) is 5.91 Å². The first-order valence-corrected chi connectivity index (χ1v) is 12.1. The molecule has 0 saturated carbocycles. The molecule has 1 aromatic heterocycles. The highest BCUT2D eigenvalue weighted by Gasteiger charge is 2.41. The van der Waals surface area contributed by atoms with Gasteiger partial charge in [-0.15, -0.1) is 0 Å². The van der Waals surface area contributed by atoms with Gasteiger partial charge >= 0.3 is 0 Å². The number of rotatable bonds is 7. The number of fused-ring (bicyclic) bond motifs is 1. The number of likely N-dealkylation sites (tertiary alicyclic amines) is 1. The fourth-order valence-electron chi connectivity index (χ4n) is 5.60. The molecule has 5 nitrogen and oxygen atoms in total. The molecule has 0 aliphatic carbocycles. The van der Waals surface area contributed by atoms with Crippen molar-refractivity contribution in [2.24, 2.45) is 5.92 Å². The van der Waals surface area contributed by atoms with Crippen molar-refractivity contribution in [2.45, 2.75) is 44.8 Å². The molecule has 1 N–H and O–H groups in total. The Bertz CT molecular complexity index is 1060. The smallest absolute Gasteiger partial charge is 0.240 e. The normalized spacial score (nSPS) is 17.3. The topological polar surface area (TPSA) is 42.6 Å². The van der Waals surface area contributed by atoms with Crippen LogP contribution in [-0.4, -0.2) is 65.9 Å². The molecule has 2 heterocycles. The molecule has 1 atom stereocenters. The summed E-state index contributed by atoms with van der Waals surface area (Å²) in [6.07, 6.45) is 3.88.